The maximum absolute atomic E-state index is 13.3. The van der Waals surface area contributed by atoms with Gasteiger partial charge in [0.25, 0.3) is 5.91 Å². The minimum Gasteiger partial charge on any atom is -0.455 e. The van der Waals surface area contributed by atoms with Crippen LogP contribution in [0.4, 0.5) is 4.39 Å². The van der Waals surface area contributed by atoms with E-state index in [-0.39, 0.29) is 34.8 Å². The van der Waals surface area contributed by atoms with Crippen molar-refractivity contribution in [1.82, 2.24) is 5.32 Å². The maximum Gasteiger partial charge on any atom is 0.287 e. The molecule has 2 aromatic carbocycles. The van der Waals surface area contributed by atoms with E-state index in [9.17, 15) is 17.6 Å². The molecule has 0 unspecified atom stereocenters. The van der Waals surface area contributed by atoms with Crippen molar-refractivity contribution in [1.29, 1.82) is 0 Å². The molecule has 1 aliphatic rings. The topological polar surface area (TPSA) is 94.8 Å². The molecule has 0 radical (unpaired) electrons. The summed E-state index contributed by atoms with van der Waals surface area (Å²) >= 11 is 5.65. The molecule has 7 nitrogen and oxygen atoms in total. The molecule has 0 saturated heterocycles. The summed E-state index contributed by atoms with van der Waals surface area (Å²) in [5.74, 6) is -0.416. The van der Waals surface area contributed by atoms with Gasteiger partial charge in [-0.3, -0.25) is 4.79 Å². The molecule has 1 amide bonds. The first-order chi connectivity index (χ1) is 14.3. The fraction of sp³-hybridized carbons (Fsp3) is 0.150. The molecule has 0 aliphatic carbocycles. The average molecular weight is 452 g/mol. The van der Waals surface area contributed by atoms with Crippen LogP contribution in [0.2, 0.25) is 5.02 Å². The molecule has 0 fully saturated rings. The monoisotopic (exact) mass is 451 g/mol. The molecule has 10 heteroatoms. The van der Waals surface area contributed by atoms with Crippen molar-refractivity contribution < 1.29 is 31.5 Å². The van der Waals surface area contributed by atoms with Crippen LogP contribution in [-0.2, 0) is 22.1 Å². The van der Waals surface area contributed by atoms with E-state index in [0.29, 0.717) is 11.5 Å². The molecule has 0 spiro atoms. The van der Waals surface area contributed by atoms with E-state index in [0.717, 1.165) is 23.8 Å². The minimum absolute atomic E-state index is 0.0296. The molecule has 1 N–H and O–H groups in total. The highest BCUT2D eigenvalue weighted by Gasteiger charge is 2.21. The summed E-state index contributed by atoms with van der Waals surface area (Å²) in [6, 6.07) is 11.2. The second kappa shape index (κ2) is 8.00. The molecule has 4 rings (SSSR count). The number of hydrogen-bond acceptors (Lipinski definition) is 6. The van der Waals surface area contributed by atoms with Crippen molar-refractivity contribution in [2.75, 3.05) is 6.79 Å². The number of nitrogens with one attached hydrogen (secondary N) is 1. The zero-order chi connectivity index (χ0) is 21.3. The van der Waals surface area contributed by atoms with Crippen LogP contribution in [0.5, 0.6) is 11.5 Å². The molecule has 1 aliphatic heterocycles. The number of benzene rings is 2. The Hall–Kier alpha value is -3.04. The summed E-state index contributed by atoms with van der Waals surface area (Å²) in [7, 11) is -3.83. The molecule has 0 saturated carbocycles. The van der Waals surface area contributed by atoms with Gasteiger partial charge >= 0.3 is 0 Å². The zero-order valence-electron chi connectivity index (χ0n) is 15.4. The molecular formula is C20H15ClFNO6S. The van der Waals surface area contributed by atoms with E-state index < -0.39 is 27.3 Å². The van der Waals surface area contributed by atoms with Crippen molar-refractivity contribution in [3.8, 4) is 11.5 Å². The number of furan rings is 1. The number of hydrogen-bond donors (Lipinski definition) is 1. The fourth-order valence-electron chi connectivity index (χ4n) is 2.84. The van der Waals surface area contributed by atoms with Gasteiger partial charge in [0.05, 0.1) is 9.92 Å². The van der Waals surface area contributed by atoms with E-state index in [1.807, 2.05) is 0 Å². The number of fused-ring (bicyclic) bond motifs is 1. The van der Waals surface area contributed by atoms with Crippen molar-refractivity contribution in [2.45, 2.75) is 17.2 Å². The number of ether oxygens (including phenoxy) is 2. The van der Waals surface area contributed by atoms with Gasteiger partial charge in [-0.2, -0.15) is 0 Å². The highest BCUT2D eigenvalue weighted by molar-refractivity contribution is 7.90. The second-order valence-corrected chi connectivity index (χ2v) is 8.87. The Balaban J connectivity index is 1.40. The summed E-state index contributed by atoms with van der Waals surface area (Å²) in [6.07, 6.45) is 0. The van der Waals surface area contributed by atoms with Crippen LogP contribution in [0.25, 0.3) is 0 Å². The quantitative estimate of drug-likeness (QED) is 0.574. The Kier molecular flexibility index (Phi) is 5.40. The smallest absolute Gasteiger partial charge is 0.287 e. The third-order valence-corrected chi connectivity index (χ3v) is 6.28. The van der Waals surface area contributed by atoms with Gasteiger partial charge in [-0.1, -0.05) is 17.7 Å². The van der Waals surface area contributed by atoms with Gasteiger partial charge in [0.15, 0.2) is 27.1 Å². The number of sulfone groups is 1. The van der Waals surface area contributed by atoms with Gasteiger partial charge in [-0.25, -0.2) is 12.8 Å². The number of amides is 1. The predicted molar refractivity (Wildman–Crippen MR) is 105 cm³/mol. The molecule has 1 aromatic heterocycles. The van der Waals surface area contributed by atoms with Crippen LogP contribution in [0.15, 0.2) is 57.8 Å². The van der Waals surface area contributed by atoms with E-state index >= 15 is 0 Å². The minimum atomic E-state index is -3.83. The molecule has 156 valence electrons. The Morgan fingerprint density at radius 1 is 1.07 bits per heavy atom. The van der Waals surface area contributed by atoms with Gasteiger partial charge < -0.3 is 19.2 Å². The summed E-state index contributed by atoms with van der Waals surface area (Å²) in [5, 5.41) is 2.40. The number of carbonyl (C=O) groups excluding carboxylic acids is 1. The van der Waals surface area contributed by atoms with Crippen LogP contribution in [0.3, 0.4) is 0 Å². The van der Waals surface area contributed by atoms with Crippen molar-refractivity contribution in [3.05, 3.63) is 76.5 Å². The summed E-state index contributed by atoms with van der Waals surface area (Å²) in [5.41, 5.74) is 0.801. The van der Waals surface area contributed by atoms with E-state index in [1.165, 1.54) is 12.1 Å². The largest absolute Gasteiger partial charge is 0.455 e. The average Bonchev–Trinajstić information content (AvgIpc) is 3.36. The number of rotatable bonds is 6. The normalized spacial score (nSPS) is 12.7. The summed E-state index contributed by atoms with van der Waals surface area (Å²) < 4.78 is 54.1. The summed E-state index contributed by atoms with van der Waals surface area (Å²) in [6.45, 7) is 0.380. The third-order valence-electron chi connectivity index (χ3n) is 4.36. The van der Waals surface area contributed by atoms with Gasteiger partial charge in [0.1, 0.15) is 17.3 Å². The second-order valence-electron chi connectivity index (χ2n) is 6.47. The van der Waals surface area contributed by atoms with Crippen LogP contribution in [-0.4, -0.2) is 21.1 Å². The van der Waals surface area contributed by atoms with Gasteiger partial charge in [-0.15, -0.1) is 0 Å². The highest BCUT2D eigenvalue weighted by Crippen LogP contribution is 2.32. The molecule has 0 bridgehead atoms. The first-order valence-electron chi connectivity index (χ1n) is 8.75. The Bertz CT molecular complexity index is 1220. The van der Waals surface area contributed by atoms with Crippen LogP contribution >= 0.6 is 11.6 Å². The SMILES string of the molecule is O=C(NCc1ccc2c(c1)OCO2)c1ccc(CS(=O)(=O)c2ccc(F)c(Cl)c2)o1. The third kappa shape index (κ3) is 4.27. The standard InChI is InChI=1S/C20H15ClFNO6S/c21-15-8-14(3-4-16(15)22)30(25,26)10-13-2-6-18(29-13)20(24)23-9-12-1-5-17-19(7-12)28-11-27-17/h1-8H,9-11H2,(H,23,24). The Labute approximate surface area is 176 Å². The van der Waals surface area contributed by atoms with E-state index in [4.69, 9.17) is 25.5 Å². The predicted octanol–water partition coefficient (Wildman–Crippen LogP) is 3.70. The lowest BCUT2D eigenvalue weighted by Crippen LogP contribution is -2.22. The van der Waals surface area contributed by atoms with Gasteiger partial charge in [0.2, 0.25) is 6.79 Å². The first kappa shape index (κ1) is 20.2. The van der Waals surface area contributed by atoms with E-state index in [2.05, 4.69) is 5.32 Å². The maximum atomic E-state index is 13.3. The van der Waals surface area contributed by atoms with Gasteiger partial charge in [0, 0.05) is 6.54 Å². The Morgan fingerprint density at radius 2 is 1.87 bits per heavy atom. The molecular weight excluding hydrogens is 437 g/mol. The molecule has 30 heavy (non-hydrogen) atoms. The van der Waals surface area contributed by atoms with Crippen LogP contribution < -0.4 is 14.8 Å². The highest BCUT2D eigenvalue weighted by atomic mass is 35.5. The molecule has 0 atom stereocenters. The van der Waals surface area contributed by atoms with Crippen LogP contribution in [0, 0.1) is 5.82 Å². The van der Waals surface area contributed by atoms with Gasteiger partial charge in [-0.05, 0) is 48.0 Å². The summed E-state index contributed by atoms with van der Waals surface area (Å²) in [4.78, 5) is 12.2. The first-order valence-corrected chi connectivity index (χ1v) is 10.8. The zero-order valence-corrected chi connectivity index (χ0v) is 16.9. The number of carbonyl (C=O) groups is 1. The van der Waals surface area contributed by atoms with Crippen molar-refractivity contribution in [3.63, 3.8) is 0 Å². The lowest BCUT2D eigenvalue weighted by Gasteiger charge is -2.05. The molecule has 2 heterocycles. The van der Waals surface area contributed by atoms with Crippen molar-refractivity contribution >= 4 is 27.3 Å². The van der Waals surface area contributed by atoms with Crippen molar-refractivity contribution in [2.24, 2.45) is 0 Å². The van der Waals surface area contributed by atoms with Crippen LogP contribution in [0.1, 0.15) is 21.9 Å². The molecule has 3 aromatic rings. The van der Waals surface area contributed by atoms with E-state index in [1.54, 1.807) is 18.2 Å². The lowest BCUT2D eigenvalue weighted by molar-refractivity contribution is 0.0921. The lowest BCUT2D eigenvalue weighted by atomic mass is 10.2. The number of halogens is 2. The fourth-order valence-corrected chi connectivity index (χ4v) is 4.35. The Morgan fingerprint density at radius 3 is 2.67 bits per heavy atom.